The molecular weight excluding hydrogens is 252 g/mol. The standard InChI is InChI=1S/C16H20N2S/c1-11-3-5-13(6-4-11)14-9-15(10-14)18-12(2)16-17-7-8-19-16/h3-8,12,14-15,18H,9-10H2,1-2H3. The largest absolute Gasteiger partial charge is 0.305 e. The third-order valence-corrected chi connectivity index (χ3v) is 4.95. The van der Waals surface area contributed by atoms with Crippen molar-refractivity contribution in [3.63, 3.8) is 0 Å². The van der Waals surface area contributed by atoms with E-state index in [9.17, 15) is 0 Å². The molecule has 1 N–H and O–H groups in total. The lowest BCUT2D eigenvalue weighted by Crippen LogP contribution is -2.41. The van der Waals surface area contributed by atoms with Gasteiger partial charge in [0.1, 0.15) is 5.01 Å². The van der Waals surface area contributed by atoms with Gasteiger partial charge in [0, 0.05) is 17.6 Å². The van der Waals surface area contributed by atoms with E-state index >= 15 is 0 Å². The van der Waals surface area contributed by atoms with Crippen molar-refractivity contribution in [1.29, 1.82) is 0 Å². The highest BCUT2D eigenvalue weighted by molar-refractivity contribution is 7.09. The van der Waals surface area contributed by atoms with E-state index in [-0.39, 0.29) is 0 Å². The second-order valence-corrected chi connectivity index (χ2v) is 6.46. The lowest BCUT2D eigenvalue weighted by atomic mass is 9.75. The molecule has 3 rings (SSSR count). The first-order valence-corrected chi connectivity index (χ1v) is 7.82. The van der Waals surface area contributed by atoms with Gasteiger partial charge in [-0.3, -0.25) is 0 Å². The predicted octanol–water partition coefficient (Wildman–Crippen LogP) is 4.05. The fourth-order valence-corrected chi connectivity index (χ4v) is 3.39. The Hall–Kier alpha value is -1.19. The van der Waals surface area contributed by atoms with Crippen LogP contribution in [0.5, 0.6) is 0 Å². The Morgan fingerprint density at radius 1 is 1.26 bits per heavy atom. The molecule has 0 amide bonds. The summed E-state index contributed by atoms with van der Waals surface area (Å²) >= 11 is 1.73. The Balaban J connectivity index is 1.51. The van der Waals surface area contributed by atoms with Crippen molar-refractivity contribution >= 4 is 11.3 Å². The van der Waals surface area contributed by atoms with Crippen molar-refractivity contribution < 1.29 is 0 Å². The minimum atomic E-state index is 0.379. The molecule has 0 bridgehead atoms. The van der Waals surface area contributed by atoms with Crippen molar-refractivity contribution in [2.45, 2.75) is 44.7 Å². The first-order valence-electron chi connectivity index (χ1n) is 6.94. The van der Waals surface area contributed by atoms with Crippen LogP contribution >= 0.6 is 11.3 Å². The zero-order chi connectivity index (χ0) is 13.2. The van der Waals surface area contributed by atoms with Gasteiger partial charge in [0.25, 0.3) is 0 Å². The Morgan fingerprint density at radius 2 is 2.00 bits per heavy atom. The minimum Gasteiger partial charge on any atom is -0.305 e. The molecule has 19 heavy (non-hydrogen) atoms. The van der Waals surface area contributed by atoms with E-state index in [1.807, 2.05) is 11.6 Å². The molecule has 1 aromatic heterocycles. The number of hydrogen-bond acceptors (Lipinski definition) is 3. The van der Waals surface area contributed by atoms with Crippen molar-refractivity contribution in [1.82, 2.24) is 10.3 Å². The van der Waals surface area contributed by atoms with Crippen LogP contribution in [0.3, 0.4) is 0 Å². The van der Waals surface area contributed by atoms with Gasteiger partial charge in [0.05, 0.1) is 6.04 Å². The highest BCUT2D eigenvalue weighted by Gasteiger charge is 2.31. The first kappa shape index (κ1) is 12.8. The Labute approximate surface area is 118 Å². The molecule has 2 nitrogen and oxygen atoms in total. The highest BCUT2D eigenvalue weighted by atomic mass is 32.1. The monoisotopic (exact) mass is 272 g/mol. The maximum atomic E-state index is 4.37. The van der Waals surface area contributed by atoms with Crippen LogP contribution < -0.4 is 5.32 Å². The van der Waals surface area contributed by atoms with E-state index in [2.05, 4.69) is 48.4 Å². The molecule has 1 aliphatic carbocycles. The van der Waals surface area contributed by atoms with Crippen LogP contribution in [0.25, 0.3) is 0 Å². The number of aromatic nitrogens is 1. The lowest BCUT2D eigenvalue weighted by Gasteiger charge is -2.38. The van der Waals surface area contributed by atoms with Crippen LogP contribution in [-0.2, 0) is 0 Å². The molecule has 0 spiro atoms. The zero-order valence-electron chi connectivity index (χ0n) is 11.5. The first-order chi connectivity index (χ1) is 9.22. The van der Waals surface area contributed by atoms with E-state index < -0.39 is 0 Å². The quantitative estimate of drug-likeness (QED) is 0.908. The van der Waals surface area contributed by atoms with E-state index in [4.69, 9.17) is 0 Å². The van der Waals surface area contributed by atoms with Crippen LogP contribution in [0, 0.1) is 6.92 Å². The SMILES string of the molecule is Cc1ccc(C2CC(NC(C)c3nccs3)C2)cc1. The summed E-state index contributed by atoms with van der Waals surface area (Å²) < 4.78 is 0. The molecule has 3 heteroatoms. The van der Waals surface area contributed by atoms with Gasteiger partial charge in [-0.15, -0.1) is 11.3 Å². The molecule has 1 fully saturated rings. The Kier molecular flexibility index (Phi) is 3.67. The third kappa shape index (κ3) is 2.88. The van der Waals surface area contributed by atoms with Gasteiger partial charge in [-0.05, 0) is 38.2 Å². The van der Waals surface area contributed by atoms with Crippen LogP contribution in [0.1, 0.15) is 47.9 Å². The topological polar surface area (TPSA) is 24.9 Å². The lowest BCUT2D eigenvalue weighted by molar-refractivity contribution is 0.270. The second kappa shape index (κ2) is 5.43. The van der Waals surface area contributed by atoms with Crippen molar-refractivity contribution in [2.24, 2.45) is 0 Å². The number of thiazole rings is 1. The number of nitrogens with one attached hydrogen (secondary N) is 1. The number of benzene rings is 1. The molecular formula is C16H20N2S. The van der Waals surface area contributed by atoms with Gasteiger partial charge in [0.2, 0.25) is 0 Å². The number of rotatable bonds is 4. The van der Waals surface area contributed by atoms with Gasteiger partial charge < -0.3 is 5.32 Å². The fourth-order valence-electron chi connectivity index (χ4n) is 2.74. The number of aryl methyl sites for hydroxylation is 1. The predicted molar refractivity (Wildman–Crippen MR) is 80.6 cm³/mol. The average Bonchev–Trinajstić information content (AvgIpc) is 2.88. The van der Waals surface area contributed by atoms with E-state index in [1.165, 1.54) is 29.0 Å². The summed E-state index contributed by atoms with van der Waals surface area (Å²) in [6.07, 6.45) is 4.38. The van der Waals surface area contributed by atoms with Crippen LogP contribution in [0.4, 0.5) is 0 Å². The van der Waals surface area contributed by atoms with Gasteiger partial charge >= 0.3 is 0 Å². The minimum absolute atomic E-state index is 0.379. The Morgan fingerprint density at radius 3 is 2.63 bits per heavy atom. The molecule has 2 aromatic rings. The molecule has 1 heterocycles. The van der Waals surface area contributed by atoms with Crippen molar-refractivity contribution in [2.75, 3.05) is 0 Å². The maximum Gasteiger partial charge on any atom is 0.109 e. The molecule has 0 aliphatic heterocycles. The van der Waals surface area contributed by atoms with Crippen molar-refractivity contribution in [3.05, 3.63) is 52.0 Å². The summed E-state index contributed by atoms with van der Waals surface area (Å²) in [5.74, 6) is 0.738. The summed E-state index contributed by atoms with van der Waals surface area (Å²) in [7, 11) is 0. The van der Waals surface area contributed by atoms with Crippen molar-refractivity contribution in [3.8, 4) is 0 Å². The zero-order valence-corrected chi connectivity index (χ0v) is 12.3. The summed E-state index contributed by atoms with van der Waals surface area (Å²) in [6, 6.07) is 10.0. The summed E-state index contributed by atoms with van der Waals surface area (Å²) in [6.45, 7) is 4.35. The third-order valence-electron chi connectivity index (χ3n) is 3.99. The van der Waals surface area contributed by atoms with E-state index in [0.717, 1.165) is 5.92 Å². The molecule has 1 unspecified atom stereocenters. The summed E-state index contributed by atoms with van der Waals surface area (Å²) in [5, 5.41) is 6.92. The fraction of sp³-hybridized carbons (Fsp3) is 0.438. The second-order valence-electron chi connectivity index (χ2n) is 5.53. The molecule has 1 aromatic carbocycles. The average molecular weight is 272 g/mol. The van der Waals surface area contributed by atoms with E-state index in [1.54, 1.807) is 11.3 Å². The number of hydrogen-bond donors (Lipinski definition) is 1. The van der Waals surface area contributed by atoms with E-state index in [0.29, 0.717) is 12.1 Å². The highest BCUT2D eigenvalue weighted by Crippen LogP contribution is 2.38. The van der Waals surface area contributed by atoms with Crippen LogP contribution in [-0.4, -0.2) is 11.0 Å². The normalized spacial score (nSPS) is 23.9. The molecule has 1 saturated carbocycles. The summed E-state index contributed by atoms with van der Waals surface area (Å²) in [4.78, 5) is 4.37. The van der Waals surface area contributed by atoms with Gasteiger partial charge in [0.15, 0.2) is 0 Å². The van der Waals surface area contributed by atoms with Crippen LogP contribution in [0.15, 0.2) is 35.8 Å². The van der Waals surface area contributed by atoms with Gasteiger partial charge in [-0.2, -0.15) is 0 Å². The van der Waals surface area contributed by atoms with Gasteiger partial charge in [-0.25, -0.2) is 4.98 Å². The smallest absolute Gasteiger partial charge is 0.109 e. The summed E-state index contributed by atoms with van der Waals surface area (Å²) in [5.41, 5.74) is 2.83. The Bertz CT molecular complexity index is 512. The molecule has 0 saturated heterocycles. The molecule has 0 radical (unpaired) electrons. The molecule has 100 valence electrons. The molecule has 1 atom stereocenters. The van der Waals surface area contributed by atoms with Crippen LogP contribution in [0.2, 0.25) is 0 Å². The van der Waals surface area contributed by atoms with Gasteiger partial charge in [-0.1, -0.05) is 29.8 Å². The number of nitrogens with zero attached hydrogens (tertiary/aromatic N) is 1. The maximum absolute atomic E-state index is 4.37. The molecule has 1 aliphatic rings.